The molecule has 3 aromatic carbocycles. The first-order valence-corrected chi connectivity index (χ1v) is 11.3. The SMILES string of the molecule is CC(=N)CCC(C)COc1ccc(N2Cc3cc(O)ccc3C=C2c2ccc(O)cc2)cc1. The van der Waals surface area contributed by atoms with Crippen molar-refractivity contribution < 1.29 is 14.9 Å². The van der Waals surface area contributed by atoms with E-state index in [0.29, 0.717) is 24.8 Å². The van der Waals surface area contributed by atoms with Crippen molar-refractivity contribution in [3.05, 3.63) is 83.4 Å². The number of ether oxygens (including phenoxy) is 1. The number of phenolic OH excluding ortho intramolecular Hbond substituents is 2. The molecule has 3 aromatic rings. The Morgan fingerprint density at radius 3 is 2.39 bits per heavy atom. The maximum Gasteiger partial charge on any atom is 0.119 e. The molecule has 4 rings (SSSR count). The Morgan fingerprint density at radius 2 is 1.70 bits per heavy atom. The lowest BCUT2D eigenvalue weighted by Gasteiger charge is -2.32. The molecule has 0 aromatic heterocycles. The molecule has 33 heavy (non-hydrogen) atoms. The van der Waals surface area contributed by atoms with E-state index in [-0.39, 0.29) is 11.5 Å². The summed E-state index contributed by atoms with van der Waals surface area (Å²) in [5.74, 6) is 1.70. The number of phenols is 2. The number of hydrogen-bond acceptors (Lipinski definition) is 5. The minimum atomic E-state index is 0.235. The van der Waals surface area contributed by atoms with Crippen LogP contribution in [0.1, 0.15) is 43.4 Å². The highest BCUT2D eigenvalue weighted by atomic mass is 16.5. The van der Waals surface area contributed by atoms with E-state index in [1.807, 2.05) is 49.4 Å². The predicted molar refractivity (Wildman–Crippen MR) is 134 cm³/mol. The summed E-state index contributed by atoms with van der Waals surface area (Å²) in [6, 6.07) is 20.7. The van der Waals surface area contributed by atoms with Gasteiger partial charge in [0, 0.05) is 23.6 Å². The number of benzene rings is 3. The fourth-order valence-electron chi connectivity index (χ4n) is 3.96. The van der Waals surface area contributed by atoms with Crippen molar-refractivity contribution >= 4 is 23.2 Å². The minimum Gasteiger partial charge on any atom is -0.508 e. The Bertz CT molecular complexity index is 1150. The lowest BCUT2D eigenvalue weighted by molar-refractivity contribution is 0.254. The number of hydrogen-bond donors (Lipinski definition) is 3. The zero-order valence-corrected chi connectivity index (χ0v) is 19.1. The van der Waals surface area contributed by atoms with E-state index in [9.17, 15) is 10.2 Å². The van der Waals surface area contributed by atoms with Gasteiger partial charge in [-0.2, -0.15) is 0 Å². The monoisotopic (exact) mass is 442 g/mol. The van der Waals surface area contributed by atoms with Gasteiger partial charge in [0.1, 0.15) is 17.2 Å². The van der Waals surface area contributed by atoms with Crippen LogP contribution in [-0.2, 0) is 6.54 Å². The molecule has 0 amide bonds. The number of anilines is 1. The summed E-state index contributed by atoms with van der Waals surface area (Å²) in [6.45, 7) is 5.23. The molecule has 3 N–H and O–H groups in total. The molecule has 5 heteroatoms. The van der Waals surface area contributed by atoms with Crippen molar-refractivity contribution in [3.8, 4) is 17.2 Å². The number of nitrogens with one attached hydrogen (secondary N) is 1. The van der Waals surface area contributed by atoms with Gasteiger partial charge >= 0.3 is 0 Å². The van der Waals surface area contributed by atoms with Gasteiger partial charge in [-0.1, -0.05) is 13.0 Å². The van der Waals surface area contributed by atoms with E-state index < -0.39 is 0 Å². The van der Waals surface area contributed by atoms with Gasteiger partial charge in [0.05, 0.1) is 6.61 Å². The van der Waals surface area contributed by atoms with Gasteiger partial charge in [-0.15, -0.1) is 0 Å². The summed E-state index contributed by atoms with van der Waals surface area (Å²) in [4.78, 5) is 2.20. The second-order valence-electron chi connectivity index (χ2n) is 8.77. The highest BCUT2D eigenvalue weighted by molar-refractivity contribution is 5.93. The Hall–Kier alpha value is -3.73. The van der Waals surface area contributed by atoms with E-state index in [1.54, 1.807) is 24.3 Å². The van der Waals surface area contributed by atoms with Crippen molar-refractivity contribution in [1.82, 2.24) is 0 Å². The van der Waals surface area contributed by atoms with Crippen LogP contribution in [0.2, 0.25) is 0 Å². The Morgan fingerprint density at radius 1 is 1.00 bits per heavy atom. The second kappa shape index (κ2) is 9.82. The van der Waals surface area contributed by atoms with Crippen LogP contribution in [0.25, 0.3) is 11.8 Å². The van der Waals surface area contributed by atoms with Gasteiger partial charge in [-0.25, -0.2) is 0 Å². The van der Waals surface area contributed by atoms with Crippen LogP contribution in [0.4, 0.5) is 5.69 Å². The van der Waals surface area contributed by atoms with E-state index in [2.05, 4.69) is 17.9 Å². The molecule has 1 aliphatic rings. The van der Waals surface area contributed by atoms with Crippen molar-refractivity contribution in [2.45, 2.75) is 33.2 Å². The largest absolute Gasteiger partial charge is 0.508 e. The summed E-state index contributed by atoms with van der Waals surface area (Å²) < 4.78 is 5.97. The molecule has 1 unspecified atom stereocenters. The number of fused-ring (bicyclic) bond motifs is 1. The molecule has 0 fully saturated rings. The molecule has 170 valence electrons. The Balaban J connectivity index is 1.56. The fraction of sp³-hybridized carbons (Fsp3) is 0.250. The van der Waals surface area contributed by atoms with Crippen LogP contribution < -0.4 is 9.64 Å². The van der Waals surface area contributed by atoms with E-state index in [0.717, 1.165) is 46.7 Å². The summed E-state index contributed by atoms with van der Waals surface area (Å²) in [5, 5.41) is 27.3. The molecule has 1 aliphatic heterocycles. The normalized spacial score (nSPS) is 13.8. The average Bonchev–Trinajstić information content (AvgIpc) is 2.81. The molecule has 1 heterocycles. The van der Waals surface area contributed by atoms with Crippen molar-refractivity contribution in [3.63, 3.8) is 0 Å². The van der Waals surface area contributed by atoms with E-state index >= 15 is 0 Å². The lowest BCUT2D eigenvalue weighted by Crippen LogP contribution is -2.24. The van der Waals surface area contributed by atoms with Crippen LogP contribution in [0, 0.1) is 11.3 Å². The molecule has 0 saturated heterocycles. The van der Waals surface area contributed by atoms with Crippen molar-refractivity contribution in [2.24, 2.45) is 5.92 Å². The first-order valence-electron chi connectivity index (χ1n) is 11.3. The zero-order chi connectivity index (χ0) is 23.4. The lowest BCUT2D eigenvalue weighted by atomic mass is 9.97. The molecule has 1 atom stereocenters. The highest BCUT2D eigenvalue weighted by Crippen LogP contribution is 2.37. The van der Waals surface area contributed by atoms with E-state index in [4.69, 9.17) is 10.1 Å². The van der Waals surface area contributed by atoms with E-state index in [1.165, 1.54) is 0 Å². The molecule has 0 saturated carbocycles. The minimum absolute atomic E-state index is 0.235. The fourth-order valence-corrected chi connectivity index (χ4v) is 3.96. The number of rotatable bonds is 8. The standard InChI is InChI=1S/C28H30N2O3/c1-19(3-4-20(2)29)18-33-27-13-8-24(9-14-27)30-17-23-15-26(32)12-7-22(23)16-28(30)21-5-10-25(31)11-6-21/h5-16,19,29,31-32H,3-4,17-18H2,1-2H3. The van der Waals surface area contributed by atoms with Gasteiger partial charge in [-0.05, 0) is 109 Å². The maximum atomic E-state index is 9.97. The Kier molecular flexibility index (Phi) is 6.68. The average molecular weight is 443 g/mol. The van der Waals surface area contributed by atoms with Gasteiger partial charge in [0.25, 0.3) is 0 Å². The van der Waals surface area contributed by atoms with Crippen molar-refractivity contribution in [2.75, 3.05) is 11.5 Å². The molecule has 0 aliphatic carbocycles. The molecular weight excluding hydrogens is 412 g/mol. The molecule has 0 bridgehead atoms. The molecule has 5 nitrogen and oxygen atoms in total. The van der Waals surface area contributed by atoms with Crippen molar-refractivity contribution in [1.29, 1.82) is 5.41 Å². The molecule has 0 spiro atoms. The zero-order valence-electron chi connectivity index (χ0n) is 19.1. The van der Waals surface area contributed by atoms with Crippen LogP contribution in [0.15, 0.2) is 66.7 Å². The summed E-state index contributed by atoms with van der Waals surface area (Å²) in [6.07, 6.45) is 3.87. The van der Waals surface area contributed by atoms with Gasteiger partial charge in [-0.3, -0.25) is 0 Å². The summed E-state index contributed by atoms with van der Waals surface area (Å²) in [7, 11) is 0. The smallest absolute Gasteiger partial charge is 0.119 e. The predicted octanol–water partition coefficient (Wildman–Crippen LogP) is 6.45. The first-order chi connectivity index (χ1) is 15.9. The third-order valence-electron chi connectivity index (χ3n) is 5.90. The third kappa shape index (κ3) is 5.55. The third-order valence-corrected chi connectivity index (χ3v) is 5.90. The second-order valence-corrected chi connectivity index (χ2v) is 8.77. The maximum absolute atomic E-state index is 9.97. The molecular formula is C28H30N2O3. The van der Waals surface area contributed by atoms with Crippen LogP contribution in [-0.4, -0.2) is 22.5 Å². The van der Waals surface area contributed by atoms with Crippen LogP contribution in [0.3, 0.4) is 0 Å². The van der Waals surface area contributed by atoms with Gasteiger partial charge in [0.2, 0.25) is 0 Å². The summed E-state index contributed by atoms with van der Waals surface area (Å²) in [5.41, 5.74) is 5.87. The Labute approximate surface area is 195 Å². The van der Waals surface area contributed by atoms with Gasteiger partial charge < -0.3 is 25.3 Å². The van der Waals surface area contributed by atoms with Crippen LogP contribution >= 0.6 is 0 Å². The first kappa shape index (κ1) is 22.5. The topological polar surface area (TPSA) is 76.8 Å². The highest BCUT2D eigenvalue weighted by Gasteiger charge is 2.21. The van der Waals surface area contributed by atoms with Gasteiger partial charge in [0.15, 0.2) is 0 Å². The molecule has 0 radical (unpaired) electrons. The summed E-state index contributed by atoms with van der Waals surface area (Å²) >= 11 is 0. The number of nitrogens with zero attached hydrogens (tertiary/aromatic N) is 1. The quantitative estimate of drug-likeness (QED) is 0.350. The number of aromatic hydroxyl groups is 2. The van der Waals surface area contributed by atoms with Crippen LogP contribution in [0.5, 0.6) is 17.2 Å².